The quantitative estimate of drug-likeness (QED) is 0.363. The molecule has 2 unspecified atom stereocenters. The largest absolute Gasteiger partial charge is 0.479 e. The summed E-state index contributed by atoms with van der Waals surface area (Å²) in [5.41, 5.74) is 10.2. The Morgan fingerprint density at radius 3 is 1.97 bits per heavy atom. The molecule has 1 amide bonds. The third kappa shape index (κ3) is 8.60. The highest BCUT2D eigenvalue weighted by Gasteiger charge is 2.29. The van der Waals surface area contributed by atoms with Gasteiger partial charge < -0.3 is 31.1 Å². The van der Waals surface area contributed by atoms with Gasteiger partial charge in [-0.2, -0.15) is 0 Å². The van der Waals surface area contributed by atoms with Crippen molar-refractivity contribution in [2.24, 2.45) is 5.73 Å². The molecule has 1 heterocycles. The molecule has 33 heavy (non-hydrogen) atoms. The van der Waals surface area contributed by atoms with E-state index in [1.165, 1.54) is 5.56 Å². The molecule has 1 aromatic heterocycles. The number of aliphatic carboxylic acids is 2. The van der Waals surface area contributed by atoms with E-state index in [2.05, 4.69) is 11.1 Å². The summed E-state index contributed by atoms with van der Waals surface area (Å²) in [5, 5.41) is 32.5. The van der Waals surface area contributed by atoms with Gasteiger partial charge in [-0.05, 0) is 56.4 Å². The molecule has 180 valence electrons. The number of aryl methyl sites for hydroxylation is 3. The number of aliphatic hydroxyl groups is 2. The summed E-state index contributed by atoms with van der Waals surface area (Å²) in [7, 11) is 0. The van der Waals surface area contributed by atoms with E-state index in [9.17, 15) is 14.4 Å². The van der Waals surface area contributed by atoms with Gasteiger partial charge in [0.2, 0.25) is 5.91 Å². The van der Waals surface area contributed by atoms with Crippen LogP contribution in [-0.4, -0.2) is 68.1 Å². The molecule has 0 saturated carbocycles. The number of hydrogen-bond acceptors (Lipinski definition) is 7. The van der Waals surface area contributed by atoms with Gasteiger partial charge in [-0.15, -0.1) is 0 Å². The number of carbonyl (C=O) groups is 3. The Labute approximate surface area is 192 Å². The molecule has 6 N–H and O–H groups in total. The van der Waals surface area contributed by atoms with Gasteiger partial charge in [0.05, 0.1) is 6.04 Å². The highest BCUT2D eigenvalue weighted by molar-refractivity contribution is 5.98. The van der Waals surface area contributed by atoms with E-state index in [0.717, 1.165) is 29.7 Å². The van der Waals surface area contributed by atoms with Crippen LogP contribution in [0.15, 0.2) is 42.7 Å². The van der Waals surface area contributed by atoms with Crippen molar-refractivity contribution in [3.8, 4) is 0 Å². The first-order valence-electron chi connectivity index (χ1n) is 10.3. The zero-order valence-electron chi connectivity index (χ0n) is 18.9. The summed E-state index contributed by atoms with van der Waals surface area (Å²) in [5.74, 6) is -3.57. The summed E-state index contributed by atoms with van der Waals surface area (Å²) >= 11 is 0. The van der Waals surface area contributed by atoms with Crippen LogP contribution >= 0.6 is 0 Å². The maximum absolute atomic E-state index is 12.6. The van der Waals surface area contributed by atoms with Gasteiger partial charge in [0.1, 0.15) is 0 Å². The fourth-order valence-corrected chi connectivity index (χ4v) is 3.07. The van der Waals surface area contributed by atoms with Crippen LogP contribution in [0.5, 0.6) is 0 Å². The van der Waals surface area contributed by atoms with Crippen LogP contribution in [0.2, 0.25) is 0 Å². The molecule has 10 heteroatoms. The average Bonchev–Trinajstić information content (AvgIpc) is 2.77. The highest BCUT2D eigenvalue weighted by atomic mass is 16.4. The predicted octanol–water partition coefficient (Wildman–Crippen LogP) is 0.889. The second kappa shape index (κ2) is 13.3. The molecule has 2 rings (SSSR count). The molecule has 10 nitrogen and oxygen atoms in total. The molecule has 0 radical (unpaired) electrons. The number of carboxylic acids is 2. The standard InChI is InChI=1S/C19H25N3O.C4H6O6/c1-14-7-4-8-15(2)18(14)22(19(23)16(3)20)12-6-10-17-9-5-11-21-13-17;5-1(3(7)8)2(6)4(9)10/h4-5,7-9,11,13,16H,6,10,12,20H2,1-3H3;1-2,5-6H,(H,7,8)(H,9,10)/t16-;/m0./s1. The summed E-state index contributed by atoms with van der Waals surface area (Å²) in [6.45, 7) is 6.46. The molecule has 2 aromatic rings. The molecule has 3 atom stereocenters. The first-order valence-corrected chi connectivity index (χ1v) is 10.3. The molecule has 0 fully saturated rings. The van der Waals surface area contributed by atoms with Crippen molar-refractivity contribution in [2.45, 2.75) is 51.9 Å². The Balaban J connectivity index is 0.000000461. The maximum Gasteiger partial charge on any atom is 0.335 e. The van der Waals surface area contributed by atoms with E-state index < -0.39 is 30.2 Å². The number of aromatic nitrogens is 1. The SMILES string of the molecule is Cc1cccc(C)c1N(CCCc1cccnc1)C(=O)[C@H](C)N.O=C(O)C(O)C(O)C(=O)O. The average molecular weight is 462 g/mol. The lowest BCUT2D eigenvalue weighted by Crippen LogP contribution is -2.43. The number of benzene rings is 1. The van der Waals surface area contributed by atoms with Gasteiger partial charge in [-0.3, -0.25) is 9.78 Å². The van der Waals surface area contributed by atoms with Crippen molar-refractivity contribution in [2.75, 3.05) is 11.4 Å². The molecular weight excluding hydrogens is 430 g/mol. The number of carbonyl (C=O) groups excluding carboxylic acids is 1. The normalized spacial score (nSPS) is 13.2. The number of carboxylic acid groups (broad SMARTS) is 2. The van der Waals surface area contributed by atoms with Crippen LogP contribution in [0.25, 0.3) is 0 Å². The van der Waals surface area contributed by atoms with Crippen LogP contribution in [0, 0.1) is 13.8 Å². The van der Waals surface area contributed by atoms with Crippen molar-refractivity contribution in [1.29, 1.82) is 0 Å². The molecule has 0 saturated heterocycles. The van der Waals surface area contributed by atoms with Gasteiger partial charge in [-0.1, -0.05) is 24.3 Å². The topological polar surface area (TPSA) is 174 Å². The Morgan fingerprint density at radius 2 is 1.55 bits per heavy atom. The maximum atomic E-state index is 12.6. The second-order valence-electron chi connectivity index (χ2n) is 7.55. The van der Waals surface area contributed by atoms with Crippen molar-refractivity contribution in [3.63, 3.8) is 0 Å². The van der Waals surface area contributed by atoms with E-state index in [1.807, 2.05) is 49.2 Å². The van der Waals surface area contributed by atoms with Gasteiger partial charge in [0, 0.05) is 24.6 Å². The van der Waals surface area contributed by atoms with Crippen LogP contribution in [-0.2, 0) is 20.8 Å². The van der Waals surface area contributed by atoms with E-state index in [1.54, 1.807) is 13.1 Å². The van der Waals surface area contributed by atoms with Crippen molar-refractivity contribution < 1.29 is 34.8 Å². The third-order valence-corrected chi connectivity index (χ3v) is 4.74. The van der Waals surface area contributed by atoms with Crippen molar-refractivity contribution in [1.82, 2.24) is 4.98 Å². The summed E-state index contributed by atoms with van der Waals surface area (Å²) < 4.78 is 0. The molecule has 0 spiro atoms. The van der Waals surface area contributed by atoms with Gasteiger partial charge in [0.15, 0.2) is 12.2 Å². The summed E-state index contributed by atoms with van der Waals surface area (Å²) in [4.78, 5) is 38.1. The predicted molar refractivity (Wildman–Crippen MR) is 122 cm³/mol. The Kier molecular flexibility index (Phi) is 11.1. The Hall–Kier alpha value is -3.34. The van der Waals surface area contributed by atoms with Crippen molar-refractivity contribution >= 4 is 23.5 Å². The Bertz CT molecular complexity index is 897. The monoisotopic (exact) mass is 461 g/mol. The minimum atomic E-state index is -2.27. The number of hydrogen-bond donors (Lipinski definition) is 5. The highest BCUT2D eigenvalue weighted by Crippen LogP contribution is 2.25. The smallest absolute Gasteiger partial charge is 0.335 e. The number of rotatable bonds is 9. The lowest BCUT2D eigenvalue weighted by Gasteiger charge is -2.28. The number of nitrogens with two attached hydrogens (primary N) is 1. The van der Waals surface area contributed by atoms with Crippen LogP contribution < -0.4 is 10.6 Å². The minimum Gasteiger partial charge on any atom is -0.479 e. The van der Waals surface area contributed by atoms with Gasteiger partial charge in [0.25, 0.3) is 0 Å². The number of nitrogens with zero attached hydrogens (tertiary/aromatic N) is 2. The number of aliphatic hydroxyl groups excluding tert-OH is 2. The fraction of sp³-hybridized carbons (Fsp3) is 0.391. The van der Waals surface area contributed by atoms with E-state index in [0.29, 0.717) is 6.54 Å². The number of amides is 1. The van der Waals surface area contributed by atoms with E-state index in [4.69, 9.17) is 26.2 Å². The number of pyridine rings is 1. The van der Waals surface area contributed by atoms with Gasteiger partial charge >= 0.3 is 11.9 Å². The van der Waals surface area contributed by atoms with Gasteiger partial charge in [-0.25, -0.2) is 9.59 Å². The first kappa shape index (κ1) is 27.7. The fourth-order valence-electron chi connectivity index (χ4n) is 3.07. The molecule has 0 aliphatic carbocycles. The third-order valence-electron chi connectivity index (χ3n) is 4.74. The minimum absolute atomic E-state index is 0.0337. The lowest BCUT2D eigenvalue weighted by atomic mass is 10.1. The second-order valence-corrected chi connectivity index (χ2v) is 7.55. The lowest BCUT2D eigenvalue weighted by molar-refractivity contribution is -0.165. The molecule has 0 aliphatic heterocycles. The zero-order chi connectivity index (χ0) is 25.1. The molecular formula is C23H31N3O7. The van der Waals surface area contributed by atoms with Crippen LogP contribution in [0.3, 0.4) is 0 Å². The molecule has 0 aliphatic rings. The van der Waals surface area contributed by atoms with Crippen LogP contribution in [0.4, 0.5) is 5.69 Å². The van der Waals surface area contributed by atoms with E-state index >= 15 is 0 Å². The first-order chi connectivity index (χ1) is 15.5. The Morgan fingerprint density at radius 1 is 1.00 bits per heavy atom. The number of para-hydroxylation sites is 1. The number of anilines is 1. The zero-order valence-corrected chi connectivity index (χ0v) is 18.9. The summed E-state index contributed by atoms with van der Waals surface area (Å²) in [6.07, 6.45) is 0.873. The molecule has 0 bridgehead atoms. The van der Waals surface area contributed by atoms with Crippen molar-refractivity contribution in [3.05, 3.63) is 59.4 Å². The van der Waals surface area contributed by atoms with E-state index in [-0.39, 0.29) is 5.91 Å². The van der Waals surface area contributed by atoms with Crippen LogP contribution in [0.1, 0.15) is 30.0 Å². The summed E-state index contributed by atoms with van der Waals surface area (Å²) in [6, 6.07) is 9.57. The molecule has 1 aromatic carbocycles.